The Bertz CT molecular complexity index is 1150. The third kappa shape index (κ3) is 3.54. The van der Waals surface area contributed by atoms with Crippen molar-refractivity contribution in [1.82, 2.24) is 19.9 Å². The van der Waals surface area contributed by atoms with Crippen LogP contribution >= 0.6 is 33.9 Å². The standard InChI is InChI=1S/C20H20IN5O2S/c1-11-14(15-16(25-20(2)5-6-20)23-10-24-17(15)28-11)18(27)26-7-3-12(4-8-26)13-9-22-19(21)29-13/h3,9-10H,4-8H2,1-2H3,(H,23,24,25). The lowest BCUT2D eigenvalue weighted by Gasteiger charge is -2.26. The largest absolute Gasteiger partial charge is 0.442 e. The smallest absolute Gasteiger partial charge is 0.258 e. The van der Waals surface area contributed by atoms with Gasteiger partial charge in [-0.3, -0.25) is 4.79 Å². The summed E-state index contributed by atoms with van der Waals surface area (Å²) >= 11 is 3.92. The highest BCUT2D eigenvalue weighted by atomic mass is 127. The maximum Gasteiger partial charge on any atom is 0.258 e. The molecule has 29 heavy (non-hydrogen) atoms. The lowest BCUT2D eigenvalue weighted by molar-refractivity contribution is 0.0773. The van der Waals surface area contributed by atoms with E-state index in [1.54, 1.807) is 11.3 Å². The minimum atomic E-state index is -0.0331. The Morgan fingerprint density at radius 3 is 2.83 bits per heavy atom. The number of furan rings is 1. The molecule has 1 N–H and O–H groups in total. The molecule has 150 valence electrons. The van der Waals surface area contributed by atoms with Crippen LogP contribution in [0.25, 0.3) is 16.7 Å². The van der Waals surface area contributed by atoms with Crippen LogP contribution in [0.3, 0.4) is 0 Å². The number of halogens is 1. The van der Waals surface area contributed by atoms with Crippen LogP contribution in [0.5, 0.6) is 0 Å². The minimum Gasteiger partial charge on any atom is -0.442 e. The number of hydrogen-bond donors (Lipinski definition) is 1. The molecule has 9 heteroatoms. The van der Waals surface area contributed by atoms with Crippen molar-refractivity contribution in [3.8, 4) is 0 Å². The quantitative estimate of drug-likeness (QED) is 0.510. The predicted molar refractivity (Wildman–Crippen MR) is 121 cm³/mol. The number of nitrogens with zero attached hydrogens (tertiary/aromatic N) is 4. The van der Waals surface area contributed by atoms with E-state index in [1.165, 1.54) is 16.8 Å². The zero-order valence-electron chi connectivity index (χ0n) is 16.2. The van der Waals surface area contributed by atoms with Crippen LogP contribution in [0.15, 0.2) is 23.0 Å². The zero-order chi connectivity index (χ0) is 20.2. The number of fused-ring (bicyclic) bond motifs is 1. The van der Waals surface area contributed by atoms with E-state index in [1.807, 2.05) is 18.0 Å². The molecule has 1 amide bonds. The highest BCUT2D eigenvalue weighted by molar-refractivity contribution is 14.1. The van der Waals surface area contributed by atoms with Gasteiger partial charge in [-0.2, -0.15) is 0 Å². The average Bonchev–Trinajstić information content (AvgIpc) is 3.11. The Morgan fingerprint density at radius 2 is 2.17 bits per heavy atom. The van der Waals surface area contributed by atoms with Gasteiger partial charge in [0.2, 0.25) is 5.71 Å². The molecule has 0 aromatic carbocycles. The average molecular weight is 521 g/mol. The molecule has 3 aromatic rings. The van der Waals surface area contributed by atoms with E-state index >= 15 is 0 Å². The van der Waals surface area contributed by atoms with Crippen molar-refractivity contribution in [2.24, 2.45) is 0 Å². The maximum absolute atomic E-state index is 13.4. The molecule has 3 aromatic heterocycles. The molecule has 0 saturated heterocycles. The molecule has 1 aliphatic carbocycles. The lowest BCUT2D eigenvalue weighted by atomic mass is 10.1. The van der Waals surface area contributed by atoms with Gasteiger partial charge >= 0.3 is 0 Å². The number of aromatic nitrogens is 3. The number of aryl methyl sites for hydroxylation is 1. The molecule has 2 aliphatic rings. The van der Waals surface area contributed by atoms with Crippen LogP contribution in [0.2, 0.25) is 0 Å². The summed E-state index contributed by atoms with van der Waals surface area (Å²) in [6, 6.07) is 0. The molecule has 1 fully saturated rings. The van der Waals surface area contributed by atoms with E-state index in [-0.39, 0.29) is 11.4 Å². The van der Waals surface area contributed by atoms with Crippen LogP contribution in [-0.4, -0.2) is 44.4 Å². The van der Waals surface area contributed by atoms with Crippen molar-refractivity contribution in [3.63, 3.8) is 0 Å². The number of anilines is 1. The summed E-state index contributed by atoms with van der Waals surface area (Å²) in [4.78, 5) is 29.5. The molecule has 4 heterocycles. The van der Waals surface area contributed by atoms with Crippen molar-refractivity contribution in [2.45, 2.75) is 38.6 Å². The number of thiazole rings is 1. The van der Waals surface area contributed by atoms with Gasteiger partial charge in [0.1, 0.15) is 17.9 Å². The molecule has 0 bridgehead atoms. The molecule has 0 unspecified atom stereocenters. The van der Waals surface area contributed by atoms with Gasteiger partial charge in [-0.1, -0.05) is 6.08 Å². The Morgan fingerprint density at radius 1 is 1.34 bits per heavy atom. The molecule has 1 saturated carbocycles. The van der Waals surface area contributed by atoms with E-state index in [4.69, 9.17) is 4.42 Å². The zero-order valence-corrected chi connectivity index (χ0v) is 19.1. The highest BCUT2D eigenvalue weighted by Crippen LogP contribution is 2.40. The van der Waals surface area contributed by atoms with Crippen molar-refractivity contribution >= 4 is 62.3 Å². The Hall–Kier alpha value is -2.01. The molecule has 7 nitrogen and oxygen atoms in total. The first-order valence-corrected chi connectivity index (χ1v) is 11.5. The molecule has 0 atom stereocenters. The van der Waals surface area contributed by atoms with Gasteiger partial charge in [0.15, 0.2) is 3.01 Å². The third-order valence-electron chi connectivity index (χ3n) is 5.59. The van der Waals surface area contributed by atoms with E-state index in [9.17, 15) is 4.79 Å². The minimum absolute atomic E-state index is 0.0331. The number of carbonyl (C=O) groups is 1. The highest BCUT2D eigenvalue weighted by Gasteiger charge is 2.39. The SMILES string of the molecule is Cc1oc2ncnc(NC3(C)CC3)c2c1C(=O)N1CC=C(c2cnc(I)s2)CC1. The first-order chi connectivity index (χ1) is 13.9. The fourth-order valence-corrected chi connectivity index (χ4v) is 5.19. The van der Waals surface area contributed by atoms with Crippen LogP contribution < -0.4 is 5.32 Å². The van der Waals surface area contributed by atoms with Gasteiger partial charge < -0.3 is 14.6 Å². The van der Waals surface area contributed by atoms with Crippen LogP contribution in [-0.2, 0) is 0 Å². The number of hydrogen-bond acceptors (Lipinski definition) is 7. The normalized spacial score (nSPS) is 18.0. The van der Waals surface area contributed by atoms with Crippen molar-refractivity contribution in [2.75, 3.05) is 18.4 Å². The molecular formula is C20H20IN5O2S. The Balaban J connectivity index is 1.45. The topological polar surface area (TPSA) is 84.2 Å². The van der Waals surface area contributed by atoms with E-state index in [2.05, 4.69) is 55.9 Å². The summed E-state index contributed by atoms with van der Waals surface area (Å²) in [6.07, 6.45) is 8.53. The van der Waals surface area contributed by atoms with Gasteiger partial charge in [0.25, 0.3) is 5.91 Å². The van der Waals surface area contributed by atoms with Crippen molar-refractivity contribution in [1.29, 1.82) is 0 Å². The summed E-state index contributed by atoms with van der Waals surface area (Å²) in [5.41, 5.74) is 2.33. The van der Waals surface area contributed by atoms with Crippen LogP contribution in [0.4, 0.5) is 5.82 Å². The van der Waals surface area contributed by atoms with Crippen molar-refractivity contribution < 1.29 is 9.21 Å². The Labute approximate surface area is 185 Å². The Kier molecular flexibility index (Phi) is 4.61. The van der Waals surface area contributed by atoms with E-state index < -0.39 is 0 Å². The predicted octanol–water partition coefficient (Wildman–Crippen LogP) is 4.49. The third-order valence-corrected chi connectivity index (χ3v) is 7.39. The molecule has 0 radical (unpaired) electrons. The lowest BCUT2D eigenvalue weighted by Crippen LogP contribution is -2.35. The second-order valence-corrected chi connectivity index (χ2v) is 10.6. The van der Waals surface area contributed by atoms with Gasteiger partial charge in [-0.25, -0.2) is 15.0 Å². The van der Waals surface area contributed by atoms with Gasteiger partial charge in [-0.15, -0.1) is 11.3 Å². The van der Waals surface area contributed by atoms with Gasteiger partial charge in [0.05, 0.1) is 15.8 Å². The second-order valence-electron chi connectivity index (χ2n) is 7.83. The summed E-state index contributed by atoms with van der Waals surface area (Å²) in [7, 11) is 0. The fourth-order valence-electron chi connectivity index (χ4n) is 3.63. The number of amides is 1. The van der Waals surface area contributed by atoms with Crippen LogP contribution in [0.1, 0.15) is 47.2 Å². The first-order valence-electron chi connectivity index (χ1n) is 9.56. The summed E-state index contributed by atoms with van der Waals surface area (Å²) in [6.45, 7) is 5.22. The van der Waals surface area contributed by atoms with Crippen LogP contribution in [0, 0.1) is 9.94 Å². The van der Waals surface area contributed by atoms with E-state index in [0.717, 1.165) is 22.3 Å². The summed E-state index contributed by atoms with van der Waals surface area (Å²) in [5, 5.41) is 4.17. The molecular weight excluding hydrogens is 501 g/mol. The molecule has 0 spiro atoms. The fraction of sp³-hybridized carbons (Fsp3) is 0.400. The first kappa shape index (κ1) is 19.0. The van der Waals surface area contributed by atoms with E-state index in [0.29, 0.717) is 41.3 Å². The van der Waals surface area contributed by atoms with Crippen molar-refractivity contribution in [3.05, 3.63) is 37.8 Å². The summed E-state index contributed by atoms with van der Waals surface area (Å²) in [5.74, 6) is 1.23. The monoisotopic (exact) mass is 521 g/mol. The maximum atomic E-state index is 13.4. The number of nitrogens with one attached hydrogen (secondary N) is 1. The number of rotatable bonds is 4. The molecule has 1 aliphatic heterocycles. The second kappa shape index (κ2) is 7.05. The van der Waals surface area contributed by atoms with Gasteiger partial charge in [-0.05, 0) is 61.3 Å². The summed E-state index contributed by atoms with van der Waals surface area (Å²) < 4.78 is 6.85. The molecule has 5 rings (SSSR count). The number of carbonyl (C=O) groups excluding carboxylic acids is 1. The van der Waals surface area contributed by atoms with Gasteiger partial charge in [0, 0.05) is 24.8 Å².